The van der Waals surface area contributed by atoms with Crippen LogP contribution >= 0.6 is 0 Å². The van der Waals surface area contributed by atoms with Crippen molar-refractivity contribution < 1.29 is 9.47 Å². The molecule has 0 amide bonds. The predicted molar refractivity (Wildman–Crippen MR) is 59.0 cm³/mol. The lowest BCUT2D eigenvalue weighted by atomic mass is 10.1. The first-order chi connectivity index (χ1) is 7.38. The summed E-state index contributed by atoms with van der Waals surface area (Å²) in [6, 6.07) is 8.15. The minimum absolute atomic E-state index is 0.578. The second kappa shape index (κ2) is 5.14. The molecule has 1 fully saturated rings. The number of nitrogens with two attached hydrogens (primary N) is 1. The molecule has 0 spiro atoms. The molecular weight excluding hydrogens is 190 g/mol. The highest BCUT2D eigenvalue weighted by atomic mass is 16.5. The highest BCUT2D eigenvalue weighted by Gasteiger charge is 2.18. The van der Waals surface area contributed by atoms with Gasteiger partial charge in [0.05, 0.1) is 19.8 Å². The van der Waals surface area contributed by atoms with Gasteiger partial charge in [0.2, 0.25) is 0 Å². The summed E-state index contributed by atoms with van der Waals surface area (Å²) in [5, 5.41) is 0. The van der Waals surface area contributed by atoms with Gasteiger partial charge in [-0.15, -0.1) is 0 Å². The maximum absolute atomic E-state index is 5.63. The van der Waals surface area contributed by atoms with Crippen LogP contribution in [0.4, 0.5) is 0 Å². The average Bonchev–Trinajstić information content (AvgIpc) is 2.19. The van der Waals surface area contributed by atoms with E-state index < -0.39 is 0 Å². The molecule has 2 rings (SSSR count). The first-order valence-corrected chi connectivity index (χ1v) is 5.38. The molecule has 1 saturated heterocycles. The van der Waals surface area contributed by atoms with E-state index in [-0.39, 0.29) is 0 Å². The number of ether oxygens (including phenoxy) is 2. The molecule has 1 aliphatic rings. The molecule has 1 aromatic rings. The van der Waals surface area contributed by atoms with E-state index in [2.05, 4.69) is 12.1 Å². The molecule has 15 heavy (non-hydrogen) atoms. The number of rotatable bonds is 5. The van der Waals surface area contributed by atoms with Crippen LogP contribution in [-0.2, 0) is 11.2 Å². The first-order valence-electron chi connectivity index (χ1n) is 5.38. The van der Waals surface area contributed by atoms with Gasteiger partial charge in [0.1, 0.15) is 5.75 Å². The van der Waals surface area contributed by atoms with Crippen molar-refractivity contribution >= 4 is 0 Å². The van der Waals surface area contributed by atoms with Crippen LogP contribution in [0.3, 0.4) is 0 Å². The molecule has 0 radical (unpaired) electrons. The fraction of sp³-hybridized carbons (Fsp3) is 0.500. The van der Waals surface area contributed by atoms with Gasteiger partial charge in [0.15, 0.2) is 0 Å². The molecule has 3 nitrogen and oxygen atoms in total. The molecule has 0 aliphatic carbocycles. The second-order valence-corrected chi connectivity index (χ2v) is 3.90. The molecule has 3 heteroatoms. The van der Waals surface area contributed by atoms with Crippen LogP contribution in [0.1, 0.15) is 5.56 Å². The van der Waals surface area contributed by atoms with Gasteiger partial charge in [-0.05, 0) is 30.7 Å². The van der Waals surface area contributed by atoms with Crippen molar-refractivity contribution in [3.05, 3.63) is 29.8 Å². The van der Waals surface area contributed by atoms with Crippen LogP contribution in [0.15, 0.2) is 24.3 Å². The summed E-state index contributed by atoms with van der Waals surface area (Å²) in [5.41, 5.74) is 6.74. The van der Waals surface area contributed by atoms with Gasteiger partial charge in [-0.2, -0.15) is 0 Å². The highest BCUT2D eigenvalue weighted by molar-refractivity contribution is 5.27. The maximum Gasteiger partial charge on any atom is 0.119 e. The summed E-state index contributed by atoms with van der Waals surface area (Å²) in [6.45, 7) is 3.13. The Morgan fingerprint density at radius 2 is 2.00 bits per heavy atom. The van der Waals surface area contributed by atoms with Crippen molar-refractivity contribution in [2.24, 2.45) is 11.7 Å². The normalized spacial score (nSPS) is 16.1. The Hall–Kier alpha value is -1.06. The summed E-state index contributed by atoms with van der Waals surface area (Å²) < 4.78 is 10.7. The first kappa shape index (κ1) is 10.5. The molecular formula is C12H17NO2. The van der Waals surface area contributed by atoms with Crippen molar-refractivity contribution in [2.45, 2.75) is 6.42 Å². The summed E-state index contributed by atoms with van der Waals surface area (Å²) in [4.78, 5) is 0. The van der Waals surface area contributed by atoms with Gasteiger partial charge in [0.25, 0.3) is 0 Å². The summed E-state index contributed by atoms with van der Waals surface area (Å²) >= 11 is 0. The minimum atomic E-state index is 0.578. The van der Waals surface area contributed by atoms with Crippen LogP contribution < -0.4 is 10.5 Å². The summed E-state index contributed by atoms with van der Waals surface area (Å²) in [5.74, 6) is 1.51. The quantitative estimate of drug-likeness (QED) is 0.789. The van der Waals surface area contributed by atoms with Crippen molar-refractivity contribution in [1.29, 1.82) is 0 Å². The number of benzene rings is 1. The zero-order valence-electron chi connectivity index (χ0n) is 8.82. The monoisotopic (exact) mass is 207 g/mol. The van der Waals surface area contributed by atoms with Crippen molar-refractivity contribution in [2.75, 3.05) is 26.4 Å². The third-order valence-corrected chi connectivity index (χ3v) is 2.55. The van der Waals surface area contributed by atoms with E-state index in [9.17, 15) is 0 Å². The third-order valence-electron chi connectivity index (χ3n) is 2.55. The van der Waals surface area contributed by atoms with E-state index in [0.29, 0.717) is 12.5 Å². The largest absolute Gasteiger partial charge is 0.493 e. The molecule has 0 atom stereocenters. The topological polar surface area (TPSA) is 44.5 Å². The van der Waals surface area contributed by atoms with Gasteiger partial charge in [0, 0.05) is 5.92 Å². The zero-order chi connectivity index (χ0) is 10.5. The van der Waals surface area contributed by atoms with Gasteiger partial charge in [-0.25, -0.2) is 0 Å². The van der Waals surface area contributed by atoms with Crippen molar-refractivity contribution in [3.63, 3.8) is 0 Å². The van der Waals surface area contributed by atoms with Crippen molar-refractivity contribution in [1.82, 2.24) is 0 Å². The summed E-state index contributed by atoms with van der Waals surface area (Å²) in [7, 11) is 0. The highest BCUT2D eigenvalue weighted by Crippen LogP contribution is 2.16. The SMILES string of the molecule is NCCc1ccc(OCC2COC2)cc1. The fourth-order valence-corrected chi connectivity index (χ4v) is 1.51. The van der Waals surface area contributed by atoms with E-state index in [1.54, 1.807) is 0 Å². The molecule has 0 unspecified atom stereocenters. The lowest BCUT2D eigenvalue weighted by Crippen LogP contribution is -2.32. The standard InChI is InChI=1S/C12H17NO2/c13-6-5-10-1-3-12(4-2-10)15-9-11-7-14-8-11/h1-4,11H,5-9,13H2. The lowest BCUT2D eigenvalue weighted by Gasteiger charge is -2.25. The number of hydrogen-bond acceptors (Lipinski definition) is 3. The molecule has 2 N–H and O–H groups in total. The zero-order valence-corrected chi connectivity index (χ0v) is 8.82. The number of hydrogen-bond donors (Lipinski definition) is 1. The van der Waals surface area contributed by atoms with E-state index in [1.807, 2.05) is 12.1 Å². The third kappa shape index (κ3) is 2.94. The Kier molecular flexibility index (Phi) is 3.59. The minimum Gasteiger partial charge on any atom is -0.493 e. The fourth-order valence-electron chi connectivity index (χ4n) is 1.51. The second-order valence-electron chi connectivity index (χ2n) is 3.90. The van der Waals surface area contributed by atoms with Gasteiger partial charge in [-0.3, -0.25) is 0 Å². The molecule has 1 aromatic carbocycles. The smallest absolute Gasteiger partial charge is 0.119 e. The van der Waals surface area contributed by atoms with Gasteiger partial charge in [-0.1, -0.05) is 12.1 Å². The Bertz CT molecular complexity index is 293. The summed E-state index contributed by atoms with van der Waals surface area (Å²) in [6.07, 6.45) is 0.927. The lowest BCUT2D eigenvalue weighted by molar-refractivity contribution is -0.0508. The van der Waals surface area contributed by atoms with Crippen LogP contribution in [-0.4, -0.2) is 26.4 Å². The van der Waals surface area contributed by atoms with Gasteiger partial charge >= 0.3 is 0 Å². The van der Waals surface area contributed by atoms with Crippen LogP contribution in [0, 0.1) is 5.92 Å². The Labute approximate surface area is 90.2 Å². The van der Waals surface area contributed by atoms with E-state index >= 15 is 0 Å². The van der Waals surface area contributed by atoms with E-state index in [0.717, 1.165) is 32.0 Å². The predicted octanol–water partition coefficient (Wildman–Crippen LogP) is 1.21. The molecule has 0 bridgehead atoms. The Balaban J connectivity index is 1.80. The van der Waals surface area contributed by atoms with Crippen LogP contribution in [0.25, 0.3) is 0 Å². The molecule has 0 saturated carbocycles. The average molecular weight is 207 g/mol. The van der Waals surface area contributed by atoms with Crippen LogP contribution in [0.5, 0.6) is 5.75 Å². The molecule has 1 heterocycles. The molecule has 1 aliphatic heterocycles. The maximum atomic E-state index is 5.63. The Morgan fingerprint density at radius 3 is 2.53 bits per heavy atom. The van der Waals surface area contributed by atoms with E-state index in [1.165, 1.54) is 5.56 Å². The Morgan fingerprint density at radius 1 is 1.27 bits per heavy atom. The van der Waals surface area contributed by atoms with Crippen molar-refractivity contribution in [3.8, 4) is 5.75 Å². The van der Waals surface area contributed by atoms with E-state index in [4.69, 9.17) is 15.2 Å². The van der Waals surface area contributed by atoms with Crippen LogP contribution in [0.2, 0.25) is 0 Å². The molecule has 82 valence electrons. The molecule has 0 aromatic heterocycles. The van der Waals surface area contributed by atoms with Gasteiger partial charge < -0.3 is 15.2 Å².